The Morgan fingerprint density at radius 1 is 1.15 bits per heavy atom. The molecule has 27 heavy (non-hydrogen) atoms. The van der Waals surface area contributed by atoms with Crippen LogP contribution in [0.2, 0.25) is 0 Å². The van der Waals surface area contributed by atoms with Crippen molar-refractivity contribution in [3.63, 3.8) is 0 Å². The van der Waals surface area contributed by atoms with Crippen LogP contribution in [0.3, 0.4) is 0 Å². The fourth-order valence-electron chi connectivity index (χ4n) is 4.05. The lowest BCUT2D eigenvalue weighted by Gasteiger charge is -2.35. The van der Waals surface area contributed by atoms with Crippen molar-refractivity contribution in [3.8, 4) is 0 Å². The Balaban J connectivity index is 1.32. The molecule has 6 nitrogen and oxygen atoms in total. The molecule has 1 saturated heterocycles. The molecule has 0 atom stereocenters. The first-order valence-corrected chi connectivity index (χ1v) is 9.99. The maximum atomic E-state index is 12.9. The van der Waals surface area contributed by atoms with E-state index >= 15 is 0 Å². The predicted molar refractivity (Wildman–Crippen MR) is 105 cm³/mol. The summed E-state index contributed by atoms with van der Waals surface area (Å²) in [4.78, 5) is 33.2. The molecule has 144 valence electrons. The van der Waals surface area contributed by atoms with Gasteiger partial charge in [-0.2, -0.15) is 0 Å². The van der Waals surface area contributed by atoms with Crippen LogP contribution in [0.25, 0.3) is 10.9 Å². The lowest BCUT2D eigenvalue weighted by Crippen LogP contribution is -2.53. The average molecular weight is 368 g/mol. The molecule has 6 heteroatoms. The van der Waals surface area contributed by atoms with E-state index in [1.807, 2.05) is 29.3 Å². The molecule has 1 aliphatic heterocycles. The van der Waals surface area contributed by atoms with Crippen LogP contribution < -0.4 is 5.32 Å². The first kappa shape index (κ1) is 18.0. The van der Waals surface area contributed by atoms with Gasteiger partial charge in [0.15, 0.2) is 0 Å². The molecule has 1 aliphatic carbocycles. The number of H-pyrrole nitrogens is 1. The van der Waals surface area contributed by atoms with E-state index in [1.165, 1.54) is 10.9 Å². The van der Waals surface area contributed by atoms with Crippen molar-refractivity contribution in [2.24, 2.45) is 5.41 Å². The molecule has 2 fully saturated rings. The minimum atomic E-state index is -0.797. The van der Waals surface area contributed by atoms with Crippen LogP contribution in [-0.4, -0.2) is 65.9 Å². The monoisotopic (exact) mass is 368 g/mol. The van der Waals surface area contributed by atoms with E-state index < -0.39 is 5.41 Å². The van der Waals surface area contributed by atoms with Gasteiger partial charge in [0.2, 0.25) is 11.8 Å². The highest BCUT2D eigenvalue weighted by atomic mass is 16.2. The number of likely N-dealkylation sites (N-methyl/N-ethyl adjacent to an activating group) is 1. The number of fused-ring (bicyclic) bond motifs is 1. The van der Waals surface area contributed by atoms with Crippen LogP contribution in [0.4, 0.5) is 0 Å². The minimum Gasteiger partial charge on any atom is -0.361 e. The summed E-state index contributed by atoms with van der Waals surface area (Å²) in [6, 6.07) is 8.17. The molecule has 0 unspecified atom stereocenters. The highest BCUT2D eigenvalue weighted by molar-refractivity contribution is 6.07. The lowest BCUT2D eigenvalue weighted by atomic mass is 10.0. The number of carbonyl (C=O) groups is 2. The fraction of sp³-hybridized carbons (Fsp3) is 0.524. The zero-order valence-corrected chi connectivity index (χ0v) is 16.0. The van der Waals surface area contributed by atoms with Gasteiger partial charge in [-0.05, 0) is 37.4 Å². The summed E-state index contributed by atoms with van der Waals surface area (Å²) in [5.74, 6) is -0.0619. The highest BCUT2D eigenvalue weighted by Crippen LogP contribution is 2.47. The Morgan fingerprint density at radius 3 is 2.59 bits per heavy atom. The molecule has 0 radical (unpaired) electrons. The summed E-state index contributed by atoms with van der Waals surface area (Å²) in [7, 11) is 0. The molecule has 1 saturated carbocycles. The summed E-state index contributed by atoms with van der Waals surface area (Å²) in [6.07, 6.45) is 4.12. The van der Waals surface area contributed by atoms with E-state index in [2.05, 4.69) is 28.2 Å². The van der Waals surface area contributed by atoms with E-state index in [9.17, 15) is 9.59 Å². The number of piperazine rings is 1. The van der Waals surface area contributed by atoms with Crippen molar-refractivity contribution >= 4 is 22.7 Å². The molecule has 2 N–H and O–H groups in total. The number of amides is 2. The van der Waals surface area contributed by atoms with Gasteiger partial charge in [-0.15, -0.1) is 0 Å². The lowest BCUT2D eigenvalue weighted by molar-refractivity contribution is -0.145. The summed E-state index contributed by atoms with van der Waals surface area (Å²) in [5, 5.41) is 4.21. The van der Waals surface area contributed by atoms with E-state index in [1.54, 1.807) is 0 Å². The standard InChI is InChI=1S/C21H28N4O2/c1-2-24-11-13-25(14-12-24)20(27)21(8-9-21)19(26)22-10-7-16-15-23-18-6-4-3-5-17(16)18/h3-6,15,23H,2,7-14H2,1H3,(H,22,26). The van der Waals surface area contributed by atoms with Crippen LogP contribution in [0, 0.1) is 5.41 Å². The zero-order valence-electron chi connectivity index (χ0n) is 16.0. The molecule has 2 aromatic rings. The van der Waals surface area contributed by atoms with Crippen LogP contribution in [0.5, 0.6) is 0 Å². The van der Waals surface area contributed by atoms with Gasteiger partial charge in [-0.1, -0.05) is 25.1 Å². The van der Waals surface area contributed by atoms with Gasteiger partial charge < -0.3 is 20.1 Å². The number of carbonyl (C=O) groups excluding carboxylic acids is 2. The van der Waals surface area contributed by atoms with Crippen molar-refractivity contribution in [2.45, 2.75) is 26.2 Å². The van der Waals surface area contributed by atoms with E-state index in [4.69, 9.17) is 0 Å². The molecule has 2 aliphatic rings. The largest absolute Gasteiger partial charge is 0.361 e. The number of nitrogens with one attached hydrogen (secondary N) is 2. The number of hydrogen-bond acceptors (Lipinski definition) is 3. The van der Waals surface area contributed by atoms with Crippen LogP contribution in [-0.2, 0) is 16.0 Å². The van der Waals surface area contributed by atoms with Gasteiger partial charge >= 0.3 is 0 Å². The number of benzene rings is 1. The second-order valence-electron chi connectivity index (χ2n) is 7.67. The smallest absolute Gasteiger partial charge is 0.238 e. The van der Waals surface area contributed by atoms with Crippen molar-refractivity contribution < 1.29 is 9.59 Å². The molecule has 2 amide bonds. The molecule has 2 heterocycles. The normalized spacial score (nSPS) is 19.2. The van der Waals surface area contributed by atoms with E-state index in [0.29, 0.717) is 19.4 Å². The summed E-state index contributed by atoms with van der Waals surface area (Å²) in [5.41, 5.74) is 1.51. The van der Waals surface area contributed by atoms with Gasteiger partial charge in [-0.25, -0.2) is 0 Å². The van der Waals surface area contributed by atoms with Crippen LogP contribution in [0.15, 0.2) is 30.5 Å². The SMILES string of the molecule is CCN1CCN(C(=O)C2(C(=O)NCCc3c[nH]c4ccccc34)CC2)CC1. The molecule has 0 bridgehead atoms. The number of nitrogens with zero attached hydrogens (tertiary/aromatic N) is 2. The second-order valence-corrected chi connectivity index (χ2v) is 7.67. The van der Waals surface area contributed by atoms with Crippen molar-refractivity contribution in [1.82, 2.24) is 20.1 Å². The van der Waals surface area contributed by atoms with E-state index in [-0.39, 0.29) is 11.8 Å². The predicted octanol–water partition coefficient (Wildman–Crippen LogP) is 1.77. The number of aromatic nitrogens is 1. The van der Waals surface area contributed by atoms with Crippen LogP contribution >= 0.6 is 0 Å². The van der Waals surface area contributed by atoms with Crippen molar-refractivity contribution in [1.29, 1.82) is 0 Å². The fourth-order valence-corrected chi connectivity index (χ4v) is 4.05. The Morgan fingerprint density at radius 2 is 1.89 bits per heavy atom. The number of rotatable bonds is 6. The quantitative estimate of drug-likeness (QED) is 0.764. The Hall–Kier alpha value is -2.34. The molecule has 0 spiro atoms. The second kappa shape index (κ2) is 7.35. The van der Waals surface area contributed by atoms with Gasteiger partial charge in [0.1, 0.15) is 5.41 Å². The maximum absolute atomic E-state index is 12.9. The minimum absolute atomic E-state index is 0.0304. The Labute approximate surface area is 159 Å². The van der Waals surface area contributed by atoms with Gasteiger partial charge in [0.05, 0.1) is 0 Å². The topological polar surface area (TPSA) is 68.4 Å². The molecule has 4 rings (SSSR count). The molecular weight excluding hydrogens is 340 g/mol. The maximum Gasteiger partial charge on any atom is 0.238 e. The number of hydrogen-bond donors (Lipinski definition) is 2. The van der Waals surface area contributed by atoms with Crippen molar-refractivity contribution in [3.05, 3.63) is 36.0 Å². The van der Waals surface area contributed by atoms with Gasteiger partial charge in [-0.3, -0.25) is 9.59 Å². The molecule has 1 aromatic carbocycles. The third-order valence-electron chi connectivity index (χ3n) is 6.06. The number of para-hydroxylation sites is 1. The third kappa shape index (κ3) is 3.46. The molecular formula is C21H28N4O2. The Bertz CT molecular complexity index is 832. The zero-order chi connectivity index (χ0) is 18.9. The summed E-state index contributed by atoms with van der Waals surface area (Å²) in [6.45, 7) is 6.98. The first-order valence-electron chi connectivity index (χ1n) is 9.99. The van der Waals surface area contributed by atoms with E-state index in [0.717, 1.165) is 44.7 Å². The summed E-state index contributed by atoms with van der Waals surface area (Å²) >= 11 is 0. The average Bonchev–Trinajstić information content (AvgIpc) is 3.43. The number of aromatic amines is 1. The highest BCUT2D eigenvalue weighted by Gasteiger charge is 2.57. The third-order valence-corrected chi connectivity index (χ3v) is 6.06. The van der Waals surface area contributed by atoms with Crippen LogP contribution in [0.1, 0.15) is 25.3 Å². The Kier molecular flexibility index (Phi) is 4.91. The molecule has 1 aromatic heterocycles. The van der Waals surface area contributed by atoms with Gasteiger partial charge in [0.25, 0.3) is 0 Å². The first-order chi connectivity index (χ1) is 13.1. The van der Waals surface area contributed by atoms with Gasteiger partial charge in [0, 0.05) is 49.8 Å². The summed E-state index contributed by atoms with van der Waals surface area (Å²) < 4.78 is 0. The van der Waals surface area contributed by atoms with Crippen molar-refractivity contribution in [2.75, 3.05) is 39.3 Å².